The van der Waals surface area contributed by atoms with Crippen LogP contribution in [0, 0.1) is 20.8 Å². The maximum atomic E-state index is 13.2. The number of aryl methyl sites for hydroxylation is 3. The molecule has 0 atom stereocenters. The van der Waals surface area contributed by atoms with Gasteiger partial charge in [-0.2, -0.15) is 0 Å². The molecule has 1 N–H and O–H groups in total. The molecule has 1 aromatic heterocycles. The normalized spacial score (nSPS) is 11.8. The number of benzene rings is 2. The van der Waals surface area contributed by atoms with Crippen molar-refractivity contribution in [1.82, 2.24) is 8.96 Å². The molecule has 24 heavy (non-hydrogen) atoms. The first-order valence-corrected chi connectivity index (χ1v) is 9.34. The molecule has 1 heterocycles. The summed E-state index contributed by atoms with van der Waals surface area (Å²) in [5.74, 6) is 0.345. The molecule has 0 saturated heterocycles. The fourth-order valence-electron chi connectivity index (χ4n) is 2.64. The summed E-state index contributed by atoms with van der Waals surface area (Å²) in [5, 5.41) is 3.06. The fraction of sp³-hybridized carbons (Fsp3) is 0.278. The van der Waals surface area contributed by atoms with E-state index in [4.69, 9.17) is 0 Å². The van der Waals surface area contributed by atoms with E-state index in [1.807, 2.05) is 39.8 Å². The molecule has 0 aliphatic heterocycles. The number of nitrogens with zero attached hydrogens (tertiary/aromatic N) is 2. The molecule has 0 aliphatic carbocycles. The topological polar surface area (TPSA) is 64.0 Å². The number of nitrogens with one attached hydrogen (secondary N) is 1. The maximum absolute atomic E-state index is 13.2. The lowest BCUT2D eigenvalue weighted by Crippen LogP contribution is -2.16. The molecule has 0 unspecified atom stereocenters. The van der Waals surface area contributed by atoms with Crippen LogP contribution in [-0.4, -0.2) is 23.9 Å². The average molecular weight is 343 g/mol. The Morgan fingerprint density at radius 3 is 2.29 bits per heavy atom. The predicted molar refractivity (Wildman–Crippen MR) is 97.1 cm³/mol. The Kier molecular flexibility index (Phi) is 4.09. The van der Waals surface area contributed by atoms with Crippen LogP contribution < -0.4 is 5.32 Å². The Balaban J connectivity index is 2.32. The molecule has 6 heteroatoms. The van der Waals surface area contributed by atoms with E-state index in [2.05, 4.69) is 10.3 Å². The number of fused-ring (bicyclic) bond motifs is 1. The van der Waals surface area contributed by atoms with E-state index < -0.39 is 10.0 Å². The van der Waals surface area contributed by atoms with Crippen molar-refractivity contribution < 1.29 is 8.42 Å². The number of rotatable bonds is 4. The van der Waals surface area contributed by atoms with Gasteiger partial charge in [0.2, 0.25) is 5.95 Å². The second-order valence-corrected chi connectivity index (χ2v) is 7.76. The molecule has 0 bridgehead atoms. The third kappa shape index (κ3) is 2.67. The summed E-state index contributed by atoms with van der Waals surface area (Å²) < 4.78 is 27.7. The smallest absolute Gasteiger partial charge is 0.271 e. The predicted octanol–water partition coefficient (Wildman–Crippen LogP) is 3.63. The SMILES string of the molecule is CCNc1nc2cc(C)c(C)cc2n1S(=O)(=O)c1ccc(C)cc1. The summed E-state index contributed by atoms with van der Waals surface area (Å²) in [6.45, 7) is 8.40. The summed E-state index contributed by atoms with van der Waals surface area (Å²) in [4.78, 5) is 4.74. The summed E-state index contributed by atoms with van der Waals surface area (Å²) in [6.07, 6.45) is 0. The molecule has 5 nitrogen and oxygen atoms in total. The van der Waals surface area contributed by atoms with E-state index in [-0.39, 0.29) is 4.90 Å². The van der Waals surface area contributed by atoms with Crippen molar-refractivity contribution >= 4 is 27.0 Å². The third-order valence-corrected chi connectivity index (χ3v) is 5.84. The highest BCUT2D eigenvalue weighted by atomic mass is 32.2. The minimum atomic E-state index is -3.73. The average Bonchev–Trinajstić information content (AvgIpc) is 2.86. The van der Waals surface area contributed by atoms with Gasteiger partial charge in [0.25, 0.3) is 10.0 Å². The minimum absolute atomic E-state index is 0.254. The van der Waals surface area contributed by atoms with Gasteiger partial charge in [-0.25, -0.2) is 17.4 Å². The molecule has 126 valence electrons. The molecule has 2 aromatic carbocycles. The van der Waals surface area contributed by atoms with Crippen LogP contribution in [0.3, 0.4) is 0 Å². The van der Waals surface area contributed by atoms with E-state index in [1.165, 1.54) is 3.97 Å². The van der Waals surface area contributed by atoms with Gasteiger partial charge >= 0.3 is 0 Å². The highest BCUT2D eigenvalue weighted by molar-refractivity contribution is 7.90. The highest BCUT2D eigenvalue weighted by Crippen LogP contribution is 2.28. The molecule has 0 aliphatic rings. The molecule has 3 rings (SSSR count). The number of imidazole rings is 1. The Morgan fingerprint density at radius 1 is 1.04 bits per heavy atom. The van der Waals surface area contributed by atoms with Gasteiger partial charge in [0, 0.05) is 6.54 Å². The monoisotopic (exact) mass is 343 g/mol. The molecule has 0 spiro atoms. The molecule has 0 fully saturated rings. The zero-order valence-corrected chi connectivity index (χ0v) is 15.1. The molecule has 0 amide bonds. The molecule has 0 saturated carbocycles. The quantitative estimate of drug-likeness (QED) is 0.786. The highest BCUT2D eigenvalue weighted by Gasteiger charge is 2.24. The van der Waals surface area contributed by atoms with Gasteiger partial charge in [0.05, 0.1) is 15.9 Å². The van der Waals surface area contributed by atoms with Gasteiger partial charge in [-0.05, 0) is 63.1 Å². The van der Waals surface area contributed by atoms with Crippen molar-refractivity contribution in [2.45, 2.75) is 32.6 Å². The van der Waals surface area contributed by atoms with Crippen LogP contribution in [0.4, 0.5) is 5.95 Å². The van der Waals surface area contributed by atoms with Crippen molar-refractivity contribution in [3.63, 3.8) is 0 Å². The van der Waals surface area contributed by atoms with E-state index in [0.717, 1.165) is 16.7 Å². The van der Waals surface area contributed by atoms with Crippen molar-refractivity contribution in [1.29, 1.82) is 0 Å². The van der Waals surface area contributed by atoms with Crippen molar-refractivity contribution in [3.8, 4) is 0 Å². The number of hydrogen-bond acceptors (Lipinski definition) is 4. The van der Waals surface area contributed by atoms with E-state index in [9.17, 15) is 8.42 Å². The largest absolute Gasteiger partial charge is 0.355 e. The zero-order chi connectivity index (χ0) is 17.5. The van der Waals surface area contributed by atoms with Gasteiger partial charge in [-0.15, -0.1) is 0 Å². The zero-order valence-electron chi connectivity index (χ0n) is 14.3. The van der Waals surface area contributed by atoms with Crippen LogP contribution in [0.5, 0.6) is 0 Å². The summed E-state index contributed by atoms with van der Waals surface area (Å²) >= 11 is 0. The first-order chi connectivity index (χ1) is 11.3. The van der Waals surface area contributed by atoms with Crippen molar-refractivity contribution in [2.75, 3.05) is 11.9 Å². The lowest BCUT2D eigenvalue weighted by molar-refractivity contribution is 0.589. The van der Waals surface area contributed by atoms with E-state index >= 15 is 0 Å². The first kappa shape index (κ1) is 16.5. The Morgan fingerprint density at radius 2 is 1.67 bits per heavy atom. The summed E-state index contributed by atoms with van der Waals surface area (Å²) in [6, 6.07) is 10.7. The minimum Gasteiger partial charge on any atom is -0.355 e. The van der Waals surface area contributed by atoms with Crippen LogP contribution in [0.2, 0.25) is 0 Å². The molecular formula is C18H21N3O2S. The Labute approximate surface area is 142 Å². The van der Waals surface area contributed by atoms with Crippen molar-refractivity contribution in [2.24, 2.45) is 0 Å². The summed E-state index contributed by atoms with van der Waals surface area (Å²) in [7, 11) is -3.73. The summed E-state index contributed by atoms with van der Waals surface area (Å²) in [5.41, 5.74) is 4.40. The fourth-order valence-corrected chi connectivity index (χ4v) is 4.07. The standard InChI is InChI=1S/C18H21N3O2S/c1-5-19-18-20-16-10-13(3)14(4)11-17(16)21(18)24(22,23)15-8-6-12(2)7-9-15/h6-11H,5H2,1-4H3,(H,19,20). The molecule has 3 aromatic rings. The van der Waals surface area contributed by atoms with Crippen LogP contribution in [0.1, 0.15) is 23.6 Å². The van der Waals surface area contributed by atoms with Crippen LogP contribution in [-0.2, 0) is 10.0 Å². The third-order valence-electron chi connectivity index (χ3n) is 4.12. The maximum Gasteiger partial charge on any atom is 0.271 e. The lowest BCUT2D eigenvalue weighted by atomic mass is 10.1. The van der Waals surface area contributed by atoms with Crippen LogP contribution in [0.15, 0.2) is 41.3 Å². The van der Waals surface area contributed by atoms with Gasteiger partial charge in [0.1, 0.15) is 0 Å². The number of hydrogen-bond donors (Lipinski definition) is 1. The Bertz CT molecular complexity index is 1000. The molecular weight excluding hydrogens is 322 g/mol. The number of anilines is 1. The van der Waals surface area contributed by atoms with Gasteiger partial charge < -0.3 is 5.32 Å². The van der Waals surface area contributed by atoms with Crippen LogP contribution >= 0.6 is 0 Å². The second-order valence-electron chi connectivity index (χ2n) is 5.97. The first-order valence-electron chi connectivity index (χ1n) is 7.90. The van der Waals surface area contributed by atoms with Gasteiger partial charge in [-0.3, -0.25) is 0 Å². The second kappa shape index (κ2) is 5.94. The van der Waals surface area contributed by atoms with E-state index in [0.29, 0.717) is 23.5 Å². The molecule has 0 radical (unpaired) electrons. The number of aromatic nitrogens is 2. The lowest BCUT2D eigenvalue weighted by Gasteiger charge is -2.11. The van der Waals surface area contributed by atoms with Crippen molar-refractivity contribution in [3.05, 3.63) is 53.1 Å². The van der Waals surface area contributed by atoms with Gasteiger partial charge in [0.15, 0.2) is 0 Å². The van der Waals surface area contributed by atoms with Crippen LogP contribution in [0.25, 0.3) is 11.0 Å². The van der Waals surface area contributed by atoms with Gasteiger partial charge in [-0.1, -0.05) is 17.7 Å². The Hall–Kier alpha value is -2.34. The van der Waals surface area contributed by atoms with E-state index in [1.54, 1.807) is 24.3 Å².